The number of hydrogen-bond acceptors (Lipinski definition) is 9. The van der Waals surface area contributed by atoms with E-state index in [1.54, 1.807) is 14.0 Å². The topological polar surface area (TPSA) is 146 Å². The van der Waals surface area contributed by atoms with Crippen LogP contribution in [0.15, 0.2) is 50.7 Å². The van der Waals surface area contributed by atoms with Gasteiger partial charge in [-0.05, 0) is 43.4 Å². The van der Waals surface area contributed by atoms with Crippen molar-refractivity contribution in [3.63, 3.8) is 0 Å². The third-order valence-electron chi connectivity index (χ3n) is 6.20. The van der Waals surface area contributed by atoms with Gasteiger partial charge in [-0.2, -0.15) is 0 Å². The number of methoxy groups -OCH3 is 1. The Morgan fingerprint density at radius 2 is 1.95 bits per heavy atom. The third kappa shape index (κ3) is 5.87. The zero-order valence-electron chi connectivity index (χ0n) is 21.1. The van der Waals surface area contributed by atoms with Crippen LogP contribution < -0.4 is 16.0 Å². The number of rotatable bonds is 7. The van der Waals surface area contributed by atoms with Gasteiger partial charge in [-0.1, -0.05) is 18.2 Å². The molecular weight excluding hydrogens is 514 g/mol. The van der Waals surface area contributed by atoms with Gasteiger partial charge in [-0.25, -0.2) is 14.3 Å². The van der Waals surface area contributed by atoms with Crippen molar-refractivity contribution in [3.8, 4) is 16.5 Å². The molecule has 0 atom stereocenters. The largest absolute Gasteiger partial charge is 0.496 e. The predicted octanol–water partition coefficient (Wildman–Crippen LogP) is 2.68. The molecule has 4 heterocycles. The number of fused-ring (bicyclic) bond motifs is 1. The lowest BCUT2D eigenvalue weighted by atomic mass is 10.1. The van der Waals surface area contributed by atoms with Gasteiger partial charge in [0, 0.05) is 19.8 Å². The minimum atomic E-state index is -1.27. The highest BCUT2D eigenvalue weighted by Gasteiger charge is 2.23. The minimum Gasteiger partial charge on any atom is -0.496 e. The van der Waals surface area contributed by atoms with Gasteiger partial charge in [0.15, 0.2) is 0 Å². The first-order valence-electron chi connectivity index (χ1n) is 12.1. The summed E-state index contributed by atoms with van der Waals surface area (Å²) in [7, 11) is 1.57. The molecule has 1 saturated heterocycles. The normalized spacial score (nSPS) is 13.8. The van der Waals surface area contributed by atoms with Crippen LogP contribution >= 0.6 is 11.3 Å². The fourth-order valence-electron chi connectivity index (χ4n) is 4.23. The summed E-state index contributed by atoms with van der Waals surface area (Å²) in [5, 5.41) is 18.4. The summed E-state index contributed by atoms with van der Waals surface area (Å²) in [6, 6.07) is 7.45. The van der Waals surface area contributed by atoms with E-state index in [0.29, 0.717) is 38.7 Å². The highest BCUT2D eigenvalue weighted by Crippen LogP contribution is 2.35. The number of thiophene rings is 1. The van der Waals surface area contributed by atoms with Crippen LogP contribution in [0.3, 0.4) is 0 Å². The smallest absolute Gasteiger partial charge is 0.332 e. The van der Waals surface area contributed by atoms with Crippen LogP contribution in [-0.4, -0.2) is 56.7 Å². The molecule has 1 aliphatic heterocycles. The van der Waals surface area contributed by atoms with Crippen molar-refractivity contribution in [2.75, 3.05) is 20.3 Å². The molecule has 4 aromatic rings. The molecule has 0 aliphatic carbocycles. The number of oxazole rings is 1. The zero-order valence-corrected chi connectivity index (χ0v) is 21.9. The molecule has 0 bridgehead atoms. The summed E-state index contributed by atoms with van der Waals surface area (Å²) >= 11 is 1.22. The number of hydrogen-bond donors (Lipinski definition) is 2. The van der Waals surface area contributed by atoms with Gasteiger partial charge >= 0.3 is 11.7 Å². The van der Waals surface area contributed by atoms with Crippen LogP contribution in [0.1, 0.15) is 24.0 Å². The lowest BCUT2D eigenvalue weighted by Crippen LogP contribution is -2.41. The molecule has 1 fully saturated rings. The summed E-state index contributed by atoms with van der Waals surface area (Å²) in [6.07, 6.45) is 4.93. The van der Waals surface area contributed by atoms with Gasteiger partial charge in [0.25, 0.3) is 5.56 Å². The second kappa shape index (κ2) is 12.2. The van der Waals surface area contributed by atoms with Gasteiger partial charge in [0.1, 0.15) is 23.4 Å². The number of aliphatic carboxylic acids is 1. The first-order chi connectivity index (χ1) is 18.3. The van der Waals surface area contributed by atoms with Crippen molar-refractivity contribution in [1.82, 2.24) is 14.1 Å². The van der Waals surface area contributed by atoms with Crippen LogP contribution in [0.2, 0.25) is 0 Å². The Hall–Kier alpha value is -3.74. The summed E-state index contributed by atoms with van der Waals surface area (Å²) in [5.74, 6) is -0.240. The van der Waals surface area contributed by atoms with Crippen LogP contribution in [0.4, 0.5) is 0 Å². The molecule has 1 aromatic carbocycles. The van der Waals surface area contributed by atoms with Crippen LogP contribution in [0.5, 0.6) is 5.75 Å². The Bertz CT molecular complexity index is 1510. The summed E-state index contributed by atoms with van der Waals surface area (Å²) in [6.45, 7) is 2.73. The van der Waals surface area contributed by atoms with Crippen LogP contribution in [0.25, 0.3) is 21.0 Å². The molecule has 3 aromatic heterocycles. The fourth-order valence-corrected chi connectivity index (χ4v) is 5.49. The number of para-hydroxylation sites is 1. The summed E-state index contributed by atoms with van der Waals surface area (Å²) < 4.78 is 17.9. The van der Waals surface area contributed by atoms with Crippen LogP contribution in [-0.2, 0) is 29.0 Å². The van der Waals surface area contributed by atoms with Gasteiger partial charge in [-0.15, -0.1) is 11.3 Å². The molecular formula is C26H29N3O8S. The van der Waals surface area contributed by atoms with Crippen molar-refractivity contribution in [2.24, 2.45) is 0 Å². The number of nitrogens with zero attached hydrogens (tertiary/aromatic N) is 3. The number of aliphatic hydroxyl groups is 1. The lowest BCUT2D eigenvalue weighted by molar-refractivity contribution is -0.137. The molecule has 12 heteroatoms. The maximum Gasteiger partial charge on any atom is 0.332 e. The highest BCUT2D eigenvalue weighted by atomic mass is 32.1. The van der Waals surface area contributed by atoms with E-state index in [1.807, 2.05) is 24.3 Å². The third-order valence-corrected chi connectivity index (χ3v) is 7.50. The number of carboxylic acids is 1. The van der Waals surface area contributed by atoms with E-state index >= 15 is 0 Å². The quantitative estimate of drug-likeness (QED) is 0.359. The maximum atomic E-state index is 13.1. The first-order valence-corrected chi connectivity index (χ1v) is 12.9. The molecule has 202 valence electrons. The summed E-state index contributed by atoms with van der Waals surface area (Å²) in [5.41, 5.74) is 0.178. The standard InChI is InChI=1S/C21H19N3O6S.C5H10O2/c1-12-16-19(27)24(11-15(25)26)21(28)23(9-7-13-5-3-4-6-14(13)29-2)20(16)31-17(12)18-22-8-10-30-18;6-5-1-3-7-4-2-5/h3-6,8,10H,7,9,11H2,1-2H3,(H,25,26);5-6H,1-4H2. The van der Waals surface area contributed by atoms with Gasteiger partial charge in [-0.3, -0.25) is 14.2 Å². The molecule has 2 N–H and O–H groups in total. The van der Waals surface area contributed by atoms with E-state index < -0.39 is 23.8 Å². The monoisotopic (exact) mass is 543 g/mol. The average Bonchev–Trinajstić information content (AvgIpc) is 3.55. The Labute approximate surface area is 221 Å². The van der Waals surface area contributed by atoms with E-state index in [0.717, 1.165) is 36.2 Å². The van der Waals surface area contributed by atoms with Crippen molar-refractivity contribution < 1.29 is 28.9 Å². The lowest BCUT2D eigenvalue weighted by Gasteiger charge is -2.15. The number of aliphatic hydroxyl groups excluding tert-OH is 1. The Morgan fingerprint density at radius 1 is 1.21 bits per heavy atom. The van der Waals surface area contributed by atoms with E-state index in [1.165, 1.54) is 28.4 Å². The number of aryl methyl sites for hydroxylation is 3. The van der Waals surface area contributed by atoms with Crippen molar-refractivity contribution in [1.29, 1.82) is 0 Å². The number of aromatic nitrogens is 3. The molecule has 0 radical (unpaired) electrons. The van der Waals surface area contributed by atoms with E-state index in [4.69, 9.17) is 19.0 Å². The van der Waals surface area contributed by atoms with Gasteiger partial charge in [0.2, 0.25) is 5.89 Å². The predicted molar refractivity (Wildman–Crippen MR) is 141 cm³/mol. The molecule has 0 spiro atoms. The van der Waals surface area contributed by atoms with E-state index in [2.05, 4.69) is 4.98 Å². The summed E-state index contributed by atoms with van der Waals surface area (Å²) in [4.78, 5) is 42.7. The number of ether oxygens (including phenoxy) is 2. The molecule has 38 heavy (non-hydrogen) atoms. The van der Waals surface area contributed by atoms with E-state index in [9.17, 15) is 19.5 Å². The first kappa shape index (κ1) is 27.3. The SMILES string of the molecule is COc1ccccc1CCn1c(=O)n(CC(=O)O)c(=O)c2c(C)c(-c3ncco3)sc21.OC1CCOCC1. The Morgan fingerprint density at radius 3 is 2.55 bits per heavy atom. The van der Waals surface area contributed by atoms with Crippen molar-refractivity contribution in [3.05, 3.63) is 68.7 Å². The molecule has 0 unspecified atom stereocenters. The number of benzene rings is 1. The van der Waals surface area contributed by atoms with Crippen LogP contribution in [0, 0.1) is 6.92 Å². The second-order valence-electron chi connectivity index (χ2n) is 8.70. The van der Waals surface area contributed by atoms with E-state index in [-0.39, 0.29) is 12.6 Å². The molecule has 0 saturated carbocycles. The average molecular weight is 544 g/mol. The highest BCUT2D eigenvalue weighted by molar-refractivity contribution is 7.22. The zero-order chi connectivity index (χ0) is 27.2. The molecule has 11 nitrogen and oxygen atoms in total. The van der Waals surface area contributed by atoms with Gasteiger partial charge in [0.05, 0.1) is 29.7 Å². The Kier molecular flexibility index (Phi) is 8.77. The number of carbonyl (C=O) groups is 1. The number of carboxylic acid groups (broad SMARTS) is 1. The Balaban J connectivity index is 0.000000417. The minimum absolute atomic E-state index is 0.0891. The van der Waals surface area contributed by atoms with Crippen molar-refractivity contribution >= 4 is 27.5 Å². The molecule has 1 aliphatic rings. The van der Waals surface area contributed by atoms with Crippen molar-refractivity contribution in [2.45, 2.75) is 45.4 Å². The van der Waals surface area contributed by atoms with Gasteiger partial charge < -0.3 is 24.1 Å². The molecule has 0 amide bonds. The molecule has 5 rings (SSSR count). The fraction of sp³-hybridized carbons (Fsp3) is 0.385. The second-order valence-corrected chi connectivity index (χ2v) is 9.70. The maximum absolute atomic E-state index is 13.1.